The Balaban J connectivity index is 0.970. The number of rotatable bonds is 3. The largest absolute Gasteiger partial charge is 0.456 e. The molecule has 4 heteroatoms. The lowest BCUT2D eigenvalue weighted by Crippen LogP contribution is -1.94. The van der Waals surface area contributed by atoms with E-state index in [0.717, 1.165) is 55.1 Å². The zero-order valence-electron chi connectivity index (χ0n) is 30.0. The highest BCUT2D eigenvalue weighted by Gasteiger charge is 2.18. The predicted octanol–water partition coefficient (Wildman–Crippen LogP) is 14.5. The summed E-state index contributed by atoms with van der Waals surface area (Å²) >= 11 is 0. The van der Waals surface area contributed by atoms with Crippen LogP contribution in [0.3, 0.4) is 0 Å². The summed E-state index contributed by atoms with van der Waals surface area (Å²) in [7, 11) is 0. The second-order valence-corrected chi connectivity index (χ2v) is 14.9. The molecule has 0 fully saturated rings. The Labute approximate surface area is 319 Å². The number of furan rings is 2. The molecule has 9 aromatic carbocycles. The van der Waals surface area contributed by atoms with E-state index in [2.05, 4.69) is 173 Å². The normalized spacial score (nSPS) is 12.3. The van der Waals surface area contributed by atoms with Gasteiger partial charge in [-0.1, -0.05) is 97.1 Å². The van der Waals surface area contributed by atoms with Gasteiger partial charge in [0.15, 0.2) is 0 Å². The Kier molecular flexibility index (Phi) is 5.86. The molecule has 0 aliphatic heterocycles. The minimum atomic E-state index is 0.862. The van der Waals surface area contributed by atoms with Gasteiger partial charge in [-0.05, 0) is 107 Å². The number of hydrogen-bond acceptors (Lipinski definition) is 2. The highest BCUT2D eigenvalue weighted by Crippen LogP contribution is 2.41. The third-order valence-electron chi connectivity index (χ3n) is 11.9. The zero-order valence-corrected chi connectivity index (χ0v) is 30.0. The van der Waals surface area contributed by atoms with Gasteiger partial charge >= 0.3 is 0 Å². The zero-order chi connectivity index (χ0) is 36.5. The van der Waals surface area contributed by atoms with Gasteiger partial charge in [0.25, 0.3) is 0 Å². The molecule has 0 aliphatic carbocycles. The van der Waals surface area contributed by atoms with Crippen LogP contribution in [-0.2, 0) is 0 Å². The Morgan fingerprint density at radius 3 is 1.43 bits per heavy atom. The molecule has 13 rings (SSSR count). The molecule has 0 aliphatic rings. The molecule has 0 atom stereocenters. The Morgan fingerprint density at radius 1 is 0.268 bits per heavy atom. The van der Waals surface area contributed by atoms with Gasteiger partial charge in [0.2, 0.25) is 0 Å². The molecular formula is C52H30N2O2. The summed E-state index contributed by atoms with van der Waals surface area (Å²) in [5, 5.41) is 11.7. The van der Waals surface area contributed by atoms with Crippen molar-refractivity contribution in [2.75, 3.05) is 0 Å². The molecule has 0 radical (unpaired) electrons. The molecular weight excluding hydrogens is 685 g/mol. The van der Waals surface area contributed by atoms with Crippen molar-refractivity contribution in [1.82, 2.24) is 9.13 Å². The molecule has 13 aromatic rings. The number of hydrogen-bond donors (Lipinski definition) is 0. The van der Waals surface area contributed by atoms with Gasteiger partial charge < -0.3 is 18.0 Å². The summed E-state index contributed by atoms with van der Waals surface area (Å²) in [6.45, 7) is 0. The quantitative estimate of drug-likeness (QED) is 0.183. The fourth-order valence-corrected chi connectivity index (χ4v) is 9.30. The third kappa shape index (κ3) is 4.13. The molecule has 0 saturated carbocycles. The first-order chi connectivity index (χ1) is 27.7. The second-order valence-electron chi connectivity index (χ2n) is 14.9. The number of para-hydroxylation sites is 3. The van der Waals surface area contributed by atoms with E-state index in [9.17, 15) is 0 Å². The standard InChI is InChI=1S/C52H30N2O2/c1-2-10-32-25-35(20-17-31(32)9-1)53-45-14-6-3-11-37(45)40-26-33(18-22-47(40)53)34-19-23-48-41(27-34)38-12-4-7-15-46(38)54(48)36-21-24-50-42(28-36)44-30-51-43(29-52(44)56-50)39-13-5-8-16-49(39)55-51/h1-30H. The SMILES string of the molecule is c1ccc2cc(-n3c4ccccc4c4cc(-c5ccc6c(c5)c5ccccc5n6-c5ccc6oc7cc8c(cc7c6c5)oc5ccccc58)ccc43)ccc2c1. The van der Waals surface area contributed by atoms with Crippen molar-refractivity contribution >= 4 is 98.3 Å². The van der Waals surface area contributed by atoms with E-state index in [1.807, 2.05) is 18.2 Å². The van der Waals surface area contributed by atoms with E-state index < -0.39 is 0 Å². The average Bonchev–Trinajstić information content (AvgIpc) is 3.99. The van der Waals surface area contributed by atoms with E-state index in [1.54, 1.807) is 0 Å². The Bertz CT molecular complexity index is 3780. The third-order valence-corrected chi connectivity index (χ3v) is 11.9. The second kappa shape index (κ2) is 11.0. The van der Waals surface area contributed by atoms with Gasteiger partial charge in [0, 0.05) is 54.5 Å². The monoisotopic (exact) mass is 714 g/mol. The van der Waals surface area contributed by atoms with Crippen molar-refractivity contribution in [3.05, 3.63) is 182 Å². The van der Waals surface area contributed by atoms with Crippen LogP contribution in [0.2, 0.25) is 0 Å². The smallest absolute Gasteiger partial charge is 0.136 e. The van der Waals surface area contributed by atoms with Crippen LogP contribution in [0.15, 0.2) is 191 Å². The van der Waals surface area contributed by atoms with Crippen LogP contribution in [0.4, 0.5) is 0 Å². The van der Waals surface area contributed by atoms with Crippen LogP contribution in [0.5, 0.6) is 0 Å². The fourth-order valence-electron chi connectivity index (χ4n) is 9.30. The van der Waals surface area contributed by atoms with E-state index in [1.165, 1.54) is 65.7 Å². The van der Waals surface area contributed by atoms with Crippen LogP contribution < -0.4 is 0 Å². The van der Waals surface area contributed by atoms with Crippen molar-refractivity contribution in [2.24, 2.45) is 0 Å². The van der Waals surface area contributed by atoms with Crippen LogP contribution in [-0.4, -0.2) is 9.13 Å². The lowest BCUT2D eigenvalue weighted by Gasteiger charge is -2.10. The first-order valence-electron chi connectivity index (χ1n) is 19.1. The maximum absolute atomic E-state index is 6.44. The van der Waals surface area contributed by atoms with E-state index >= 15 is 0 Å². The molecule has 4 aromatic heterocycles. The number of nitrogens with zero attached hydrogens (tertiary/aromatic N) is 2. The van der Waals surface area contributed by atoms with Crippen molar-refractivity contribution in [3.63, 3.8) is 0 Å². The molecule has 0 unspecified atom stereocenters. The van der Waals surface area contributed by atoms with E-state index in [-0.39, 0.29) is 0 Å². The van der Waals surface area contributed by atoms with Crippen molar-refractivity contribution in [2.45, 2.75) is 0 Å². The summed E-state index contributed by atoms with van der Waals surface area (Å²) in [5.41, 5.74) is 12.9. The number of fused-ring (bicyclic) bond motifs is 13. The molecule has 4 heterocycles. The summed E-state index contributed by atoms with van der Waals surface area (Å²) in [4.78, 5) is 0. The molecule has 260 valence electrons. The highest BCUT2D eigenvalue weighted by molar-refractivity contribution is 6.16. The van der Waals surface area contributed by atoms with Gasteiger partial charge in [-0.2, -0.15) is 0 Å². The minimum absolute atomic E-state index is 0.862. The van der Waals surface area contributed by atoms with Crippen molar-refractivity contribution < 1.29 is 8.83 Å². The first-order valence-corrected chi connectivity index (χ1v) is 19.1. The summed E-state index contributed by atoms with van der Waals surface area (Å²) in [5.74, 6) is 0. The average molecular weight is 715 g/mol. The first kappa shape index (κ1) is 29.8. The Hall–Kier alpha value is -7.56. The highest BCUT2D eigenvalue weighted by atomic mass is 16.3. The lowest BCUT2D eigenvalue weighted by atomic mass is 10.0. The molecule has 0 N–H and O–H groups in total. The summed E-state index contributed by atoms with van der Waals surface area (Å²) < 4.78 is 17.5. The van der Waals surface area contributed by atoms with E-state index in [4.69, 9.17) is 8.83 Å². The lowest BCUT2D eigenvalue weighted by molar-refractivity contribution is 0.664. The maximum atomic E-state index is 6.44. The van der Waals surface area contributed by atoms with Gasteiger partial charge in [-0.15, -0.1) is 0 Å². The minimum Gasteiger partial charge on any atom is -0.456 e. The van der Waals surface area contributed by atoms with Gasteiger partial charge in [-0.3, -0.25) is 0 Å². The number of aromatic nitrogens is 2. The van der Waals surface area contributed by atoms with Crippen LogP contribution >= 0.6 is 0 Å². The van der Waals surface area contributed by atoms with Gasteiger partial charge in [0.05, 0.1) is 22.1 Å². The number of benzene rings is 9. The topological polar surface area (TPSA) is 36.1 Å². The Morgan fingerprint density at radius 2 is 0.750 bits per heavy atom. The van der Waals surface area contributed by atoms with Gasteiger partial charge in [-0.25, -0.2) is 0 Å². The van der Waals surface area contributed by atoms with Gasteiger partial charge in [0.1, 0.15) is 22.3 Å². The molecule has 0 bridgehead atoms. The van der Waals surface area contributed by atoms with Crippen molar-refractivity contribution in [1.29, 1.82) is 0 Å². The van der Waals surface area contributed by atoms with Crippen LogP contribution in [0, 0.1) is 0 Å². The maximum Gasteiger partial charge on any atom is 0.136 e. The van der Waals surface area contributed by atoms with Crippen LogP contribution in [0.25, 0.3) is 121 Å². The van der Waals surface area contributed by atoms with E-state index in [0.29, 0.717) is 0 Å². The predicted molar refractivity (Wildman–Crippen MR) is 233 cm³/mol. The summed E-state index contributed by atoms with van der Waals surface area (Å²) in [6, 6.07) is 65.6. The fraction of sp³-hybridized carbons (Fsp3) is 0. The molecule has 4 nitrogen and oxygen atoms in total. The molecule has 0 saturated heterocycles. The summed E-state index contributed by atoms with van der Waals surface area (Å²) in [6.07, 6.45) is 0. The van der Waals surface area contributed by atoms with Crippen LogP contribution in [0.1, 0.15) is 0 Å². The molecule has 56 heavy (non-hydrogen) atoms. The molecule has 0 amide bonds. The molecule has 0 spiro atoms. The van der Waals surface area contributed by atoms with Crippen molar-refractivity contribution in [3.8, 4) is 22.5 Å².